The third-order valence-electron chi connectivity index (χ3n) is 11.6. The monoisotopic (exact) mass is 884 g/mol. The van der Waals surface area contributed by atoms with Crippen LogP contribution in [0.3, 0.4) is 0 Å². The lowest BCUT2D eigenvalue weighted by molar-refractivity contribution is -0.160. The first-order valence-corrected chi connectivity index (χ1v) is 21.2. The predicted molar refractivity (Wildman–Crippen MR) is 234 cm³/mol. The van der Waals surface area contributed by atoms with Crippen molar-refractivity contribution in [2.45, 2.75) is 105 Å². The van der Waals surface area contributed by atoms with Gasteiger partial charge in [0.05, 0.1) is 72.8 Å². The van der Waals surface area contributed by atoms with E-state index in [1.165, 1.54) is 53.2 Å². The highest BCUT2D eigenvalue weighted by atomic mass is 16.7. The average molecular weight is 885 g/mol. The van der Waals surface area contributed by atoms with E-state index in [1.54, 1.807) is 39.8 Å². The van der Waals surface area contributed by atoms with Crippen LogP contribution < -0.4 is 10.1 Å². The molecule has 5 rings (SSSR count). The minimum absolute atomic E-state index is 0.0103. The standard InChI is InChI=1S/C46H64N2O15/c1-11-12-17-58-19-20-59-21-22-61-47-23-31-36-41(54)34-33(40(31)53)35-43(29(7)39(34)52)63-46(9,44(35)55)60-18-16-32(57-10)26(4)42(62-30(8)49)28(6)38(51)27(5)37(50)24(2)14-13-15-25(3)45(56)48-36/h13-16,18,23-24,26-28,32,37-38,42,50-54H,11-12,17,19-22H2,1-10H3,(H,48,56)/b14-13-,18-16-,25-15-,47-23?/t24-,26+,27+,28+,32-,37-,38+,42+,46-/m0/s1. The molecule has 3 heterocycles. The first kappa shape index (κ1) is 50.4. The fourth-order valence-electron chi connectivity index (χ4n) is 7.68. The van der Waals surface area contributed by atoms with Crippen LogP contribution in [-0.2, 0) is 38.1 Å². The van der Waals surface area contributed by atoms with E-state index >= 15 is 0 Å². The molecule has 1 amide bonds. The number of allylic oxidation sites excluding steroid dienone is 2. The summed E-state index contributed by atoms with van der Waals surface area (Å²) in [6.07, 6.45) is 6.38. The Bertz CT molecular complexity index is 2080. The highest BCUT2D eigenvalue weighted by molar-refractivity contribution is 6.23. The number of anilines is 1. The van der Waals surface area contributed by atoms with E-state index in [0.717, 1.165) is 19.1 Å². The number of esters is 1. The Morgan fingerprint density at radius 1 is 0.905 bits per heavy atom. The number of amides is 1. The summed E-state index contributed by atoms with van der Waals surface area (Å²) in [6.45, 7) is 16.0. The van der Waals surface area contributed by atoms with Crippen molar-refractivity contribution < 1.29 is 73.2 Å². The number of ketones is 1. The summed E-state index contributed by atoms with van der Waals surface area (Å²) >= 11 is 0. The number of methoxy groups -OCH3 is 1. The van der Waals surface area contributed by atoms with Crippen LogP contribution in [0.15, 0.2) is 41.3 Å². The number of nitrogens with zero attached hydrogens (tertiary/aromatic N) is 1. The van der Waals surface area contributed by atoms with E-state index in [4.69, 9.17) is 33.3 Å². The first-order chi connectivity index (χ1) is 29.8. The van der Waals surface area contributed by atoms with Gasteiger partial charge in [0, 0.05) is 67.8 Å². The molecule has 0 fully saturated rings. The number of ether oxygens (including phenoxy) is 6. The molecule has 0 spiro atoms. The van der Waals surface area contributed by atoms with E-state index in [1.807, 2.05) is 0 Å². The normalized spacial score (nSPS) is 28.9. The fraction of sp³-hybridized carbons (Fsp3) is 0.565. The van der Waals surface area contributed by atoms with E-state index in [2.05, 4.69) is 17.4 Å². The van der Waals surface area contributed by atoms with Crippen LogP contribution >= 0.6 is 0 Å². The SMILES string of the molecule is CCCCOCCOCCON=Cc1c2c(O)c3c(O)c(C)c4c(c3c1O)C(=O)[C@@](C)(O/C=C\[C@H](OC)[C@@H](C)[C@@H](OC(C)=O)[C@H](C)[C@H](O)[C@H](C)[C@@H](O)[C@@H](C)/C=C\C=C(\C)C(=O)N2)O4. The maximum Gasteiger partial charge on any atom is 0.312 e. The molecular weight excluding hydrogens is 821 g/mol. The number of hydrogen-bond acceptors (Lipinski definition) is 16. The zero-order valence-electron chi connectivity index (χ0n) is 37.8. The smallest absolute Gasteiger partial charge is 0.312 e. The maximum absolute atomic E-state index is 14.4. The van der Waals surface area contributed by atoms with Crippen molar-refractivity contribution in [1.29, 1.82) is 0 Å². The lowest BCUT2D eigenvalue weighted by Crippen LogP contribution is -2.46. The van der Waals surface area contributed by atoms with Gasteiger partial charge in [-0.25, -0.2) is 0 Å². The maximum atomic E-state index is 14.4. The van der Waals surface area contributed by atoms with Gasteiger partial charge in [-0.05, 0) is 26.3 Å². The quantitative estimate of drug-likeness (QED) is 0.0341. The highest BCUT2D eigenvalue weighted by Crippen LogP contribution is 2.55. The molecule has 348 valence electrons. The van der Waals surface area contributed by atoms with Crippen LogP contribution in [-0.4, -0.2) is 120 Å². The molecule has 3 aliphatic heterocycles. The summed E-state index contributed by atoms with van der Waals surface area (Å²) in [5, 5.41) is 64.1. The molecule has 9 atom stereocenters. The molecule has 0 radical (unpaired) electrons. The number of aliphatic hydroxyl groups excluding tert-OH is 2. The number of rotatable bonds is 13. The minimum Gasteiger partial charge on any atom is -0.507 e. The van der Waals surface area contributed by atoms with Crippen LogP contribution in [0.1, 0.15) is 89.7 Å². The second kappa shape index (κ2) is 22.4. The molecule has 0 unspecified atom stereocenters. The van der Waals surface area contributed by atoms with Crippen molar-refractivity contribution in [3.05, 3.63) is 52.8 Å². The molecule has 63 heavy (non-hydrogen) atoms. The molecule has 0 saturated heterocycles. The molecule has 2 aromatic rings. The number of aromatic hydroxyl groups is 3. The average Bonchev–Trinajstić information content (AvgIpc) is 3.51. The number of carbonyl (C=O) groups excluding carboxylic acids is 3. The lowest BCUT2D eigenvalue weighted by atomic mass is 9.78. The van der Waals surface area contributed by atoms with E-state index in [9.17, 15) is 39.9 Å². The second-order valence-electron chi connectivity index (χ2n) is 16.3. The summed E-state index contributed by atoms with van der Waals surface area (Å²) in [4.78, 5) is 45.8. The van der Waals surface area contributed by atoms with Gasteiger partial charge >= 0.3 is 11.8 Å². The first-order valence-electron chi connectivity index (χ1n) is 21.2. The Labute approximate surface area is 368 Å². The van der Waals surface area contributed by atoms with Crippen molar-refractivity contribution in [3.8, 4) is 23.0 Å². The Hall–Kier alpha value is -5.20. The number of carbonyl (C=O) groups is 3. The Kier molecular flexibility index (Phi) is 18.0. The van der Waals surface area contributed by atoms with Gasteiger partial charge in [0.15, 0.2) is 5.75 Å². The van der Waals surface area contributed by atoms with Gasteiger partial charge in [-0.2, -0.15) is 0 Å². The zero-order chi connectivity index (χ0) is 46.8. The number of phenols is 3. The summed E-state index contributed by atoms with van der Waals surface area (Å²) in [5.41, 5.74) is -0.723. The van der Waals surface area contributed by atoms with Crippen molar-refractivity contribution >= 4 is 40.3 Å². The summed E-state index contributed by atoms with van der Waals surface area (Å²) in [7, 11) is 1.42. The summed E-state index contributed by atoms with van der Waals surface area (Å²) < 4.78 is 34.5. The van der Waals surface area contributed by atoms with Crippen LogP contribution in [0.4, 0.5) is 5.69 Å². The van der Waals surface area contributed by atoms with Gasteiger partial charge in [-0.1, -0.05) is 64.4 Å². The number of Topliss-reactive ketones (excluding diaryl/α,β-unsaturated/α-hetero) is 1. The largest absolute Gasteiger partial charge is 0.507 e. The van der Waals surface area contributed by atoms with E-state index in [0.29, 0.717) is 19.8 Å². The molecule has 0 aliphatic carbocycles. The Balaban J connectivity index is 1.85. The fourth-order valence-corrected chi connectivity index (χ4v) is 7.68. The van der Waals surface area contributed by atoms with Crippen LogP contribution in [0.25, 0.3) is 10.8 Å². The molecule has 17 nitrogen and oxygen atoms in total. The number of unbranched alkanes of at least 4 members (excludes halogenated alkanes) is 1. The number of nitrogens with one attached hydrogen (secondary N) is 1. The van der Waals surface area contributed by atoms with E-state index < -0.39 is 88.8 Å². The second-order valence-corrected chi connectivity index (χ2v) is 16.3. The van der Waals surface area contributed by atoms with Crippen molar-refractivity contribution in [3.63, 3.8) is 0 Å². The van der Waals surface area contributed by atoms with E-state index in [-0.39, 0.29) is 57.7 Å². The molecule has 0 saturated carbocycles. The summed E-state index contributed by atoms with van der Waals surface area (Å²) in [6, 6.07) is 0. The molecule has 2 aromatic carbocycles. The summed E-state index contributed by atoms with van der Waals surface area (Å²) in [5.74, 6) is -8.82. The molecule has 3 aliphatic rings. The Morgan fingerprint density at radius 2 is 1.57 bits per heavy atom. The van der Waals surface area contributed by atoms with Crippen molar-refractivity contribution in [1.82, 2.24) is 0 Å². The number of hydrogen-bond donors (Lipinski definition) is 6. The predicted octanol–water partition coefficient (Wildman–Crippen LogP) is 5.94. The number of aliphatic hydroxyl groups is 2. The van der Waals surface area contributed by atoms with Crippen LogP contribution in [0, 0.1) is 30.6 Å². The van der Waals surface area contributed by atoms with Gasteiger partial charge in [-0.15, -0.1) is 0 Å². The van der Waals surface area contributed by atoms with Gasteiger partial charge in [0.1, 0.15) is 30.0 Å². The number of fused-ring (bicyclic) bond motifs is 14. The van der Waals surface area contributed by atoms with Crippen LogP contribution in [0.5, 0.6) is 23.0 Å². The number of oxime groups is 1. The third-order valence-corrected chi connectivity index (χ3v) is 11.6. The van der Waals surface area contributed by atoms with Crippen molar-refractivity contribution in [2.75, 3.05) is 45.5 Å². The number of benzene rings is 2. The lowest BCUT2D eigenvalue weighted by Gasteiger charge is -2.38. The third kappa shape index (κ3) is 11.5. The molecule has 6 N–H and O–H groups in total. The van der Waals surface area contributed by atoms with Gasteiger partial charge < -0.3 is 64.1 Å². The van der Waals surface area contributed by atoms with Crippen LogP contribution in [0.2, 0.25) is 0 Å². The van der Waals surface area contributed by atoms with Gasteiger partial charge in [-0.3, -0.25) is 14.4 Å². The minimum atomic E-state index is -2.08. The molecule has 17 heteroatoms. The number of phenolic OH excluding ortho intramolecular Hbond substituents is 3. The molecule has 0 aromatic heterocycles. The van der Waals surface area contributed by atoms with Gasteiger partial charge in [0.25, 0.3) is 11.7 Å². The molecular formula is C46H64N2O15. The Morgan fingerprint density at radius 3 is 2.22 bits per heavy atom. The zero-order valence-corrected chi connectivity index (χ0v) is 37.8. The van der Waals surface area contributed by atoms with Gasteiger partial charge in [0.2, 0.25) is 0 Å². The highest BCUT2D eigenvalue weighted by Gasteiger charge is 2.50. The van der Waals surface area contributed by atoms with Crippen molar-refractivity contribution in [2.24, 2.45) is 28.8 Å². The topological polar surface area (TPSA) is 241 Å². The molecule has 5 bridgehead atoms.